The van der Waals surface area contributed by atoms with Gasteiger partial charge in [-0.3, -0.25) is 0 Å². The molecule has 0 spiro atoms. The number of rotatable bonds is 8. The lowest BCUT2D eigenvalue weighted by Gasteiger charge is -2.27. The van der Waals surface area contributed by atoms with Gasteiger partial charge in [0.2, 0.25) is 10.0 Å². The lowest BCUT2D eigenvalue weighted by atomic mass is 10.1. The van der Waals surface area contributed by atoms with Crippen molar-refractivity contribution in [1.29, 1.82) is 0 Å². The highest BCUT2D eigenvalue weighted by Gasteiger charge is 2.23. The highest BCUT2D eigenvalue weighted by Crippen LogP contribution is 2.22. The van der Waals surface area contributed by atoms with Crippen LogP contribution < -0.4 is 5.32 Å². The molecule has 2 unspecified atom stereocenters. The predicted molar refractivity (Wildman–Crippen MR) is 116 cm³/mol. The third-order valence-electron chi connectivity index (χ3n) is 5.32. The SMILES string of the molecule is CCN(CC)S(=O)(=O)c1ccc(C(C)NC(=O)N(C)C(C)c2ccc(F)cc2)cc1. The molecule has 0 heterocycles. The lowest BCUT2D eigenvalue weighted by molar-refractivity contribution is 0.191. The minimum atomic E-state index is -3.51. The Hall–Kier alpha value is -2.45. The summed E-state index contributed by atoms with van der Waals surface area (Å²) in [6, 6.07) is 11.8. The molecular formula is C22H30FN3O3S. The van der Waals surface area contributed by atoms with E-state index in [0.717, 1.165) is 11.1 Å². The van der Waals surface area contributed by atoms with Gasteiger partial charge in [0.1, 0.15) is 5.82 Å². The maximum Gasteiger partial charge on any atom is 0.318 e. The van der Waals surface area contributed by atoms with Crippen LogP contribution >= 0.6 is 0 Å². The number of nitrogens with one attached hydrogen (secondary N) is 1. The summed E-state index contributed by atoms with van der Waals surface area (Å²) >= 11 is 0. The topological polar surface area (TPSA) is 69.7 Å². The summed E-state index contributed by atoms with van der Waals surface area (Å²) in [6.07, 6.45) is 0. The molecule has 164 valence electrons. The van der Waals surface area contributed by atoms with Crippen LogP contribution in [-0.4, -0.2) is 43.8 Å². The fourth-order valence-electron chi connectivity index (χ4n) is 3.15. The number of halogens is 1. The molecule has 2 atom stereocenters. The van der Waals surface area contributed by atoms with E-state index in [9.17, 15) is 17.6 Å². The molecule has 1 N–H and O–H groups in total. The van der Waals surface area contributed by atoms with Crippen LogP contribution in [0.1, 0.15) is 50.9 Å². The molecule has 2 rings (SSSR count). The number of sulfonamides is 1. The first-order valence-corrected chi connectivity index (χ1v) is 11.4. The molecule has 8 heteroatoms. The van der Waals surface area contributed by atoms with Gasteiger partial charge in [0.15, 0.2) is 0 Å². The van der Waals surface area contributed by atoms with Crippen LogP contribution in [0.3, 0.4) is 0 Å². The van der Waals surface area contributed by atoms with E-state index in [-0.39, 0.29) is 28.8 Å². The molecule has 0 fully saturated rings. The normalized spacial score (nSPS) is 13.7. The largest absolute Gasteiger partial charge is 0.331 e. The number of amides is 2. The number of urea groups is 1. The van der Waals surface area contributed by atoms with Gasteiger partial charge in [0, 0.05) is 20.1 Å². The highest BCUT2D eigenvalue weighted by atomic mass is 32.2. The Kier molecular flexibility index (Phi) is 7.97. The molecule has 0 bridgehead atoms. The fraction of sp³-hybridized carbons (Fsp3) is 0.409. The summed E-state index contributed by atoms with van der Waals surface area (Å²) in [6.45, 7) is 8.12. The number of benzene rings is 2. The second-order valence-corrected chi connectivity index (χ2v) is 9.11. The Balaban J connectivity index is 2.07. The predicted octanol–water partition coefficient (Wildman–Crippen LogP) is 4.32. The van der Waals surface area contributed by atoms with E-state index in [2.05, 4.69) is 5.32 Å². The summed E-state index contributed by atoms with van der Waals surface area (Å²) in [5, 5.41) is 2.91. The van der Waals surface area contributed by atoms with Gasteiger partial charge in [-0.15, -0.1) is 0 Å². The third-order valence-corrected chi connectivity index (χ3v) is 7.38. The monoisotopic (exact) mass is 435 g/mol. The van der Waals surface area contributed by atoms with E-state index < -0.39 is 10.0 Å². The Bertz CT molecular complexity index is 943. The first-order chi connectivity index (χ1) is 14.1. The first-order valence-electron chi connectivity index (χ1n) is 10.0. The number of nitrogens with zero attached hydrogens (tertiary/aromatic N) is 2. The highest BCUT2D eigenvalue weighted by molar-refractivity contribution is 7.89. The third kappa shape index (κ3) is 5.37. The second-order valence-electron chi connectivity index (χ2n) is 7.17. The van der Waals surface area contributed by atoms with Crippen molar-refractivity contribution in [2.75, 3.05) is 20.1 Å². The first kappa shape index (κ1) is 23.8. The van der Waals surface area contributed by atoms with E-state index >= 15 is 0 Å². The average molecular weight is 436 g/mol. The summed E-state index contributed by atoms with van der Waals surface area (Å²) in [5.41, 5.74) is 1.62. The Morgan fingerprint density at radius 3 is 1.97 bits per heavy atom. The van der Waals surface area contributed by atoms with Gasteiger partial charge in [-0.2, -0.15) is 4.31 Å². The van der Waals surface area contributed by atoms with E-state index in [1.54, 1.807) is 62.2 Å². The molecule has 0 aliphatic heterocycles. The van der Waals surface area contributed by atoms with Gasteiger partial charge in [0.05, 0.1) is 17.0 Å². The maximum atomic E-state index is 13.1. The Morgan fingerprint density at radius 1 is 0.967 bits per heavy atom. The molecule has 0 aliphatic carbocycles. The molecule has 0 aliphatic rings. The van der Waals surface area contributed by atoms with E-state index in [0.29, 0.717) is 13.1 Å². The van der Waals surface area contributed by atoms with E-state index in [1.807, 2.05) is 13.8 Å². The van der Waals surface area contributed by atoms with Crippen LogP contribution in [0.4, 0.5) is 9.18 Å². The molecule has 0 saturated carbocycles. The Labute approximate surface area is 178 Å². The zero-order valence-corrected chi connectivity index (χ0v) is 18.9. The van der Waals surface area contributed by atoms with Gasteiger partial charge in [-0.25, -0.2) is 17.6 Å². The Morgan fingerprint density at radius 2 is 1.47 bits per heavy atom. The smallest absolute Gasteiger partial charge is 0.318 e. The van der Waals surface area contributed by atoms with Gasteiger partial charge < -0.3 is 10.2 Å². The van der Waals surface area contributed by atoms with Crippen molar-refractivity contribution < 1.29 is 17.6 Å². The summed E-state index contributed by atoms with van der Waals surface area (Å²) in [4.78, 5) is 14.4. The van der Waals surface area contributed by atoms with E-state index in [4.69, 9.17) is 0 Å². The second kappa shape index (κ2) is 10.0. The standard InChI is InChI=1S/C22H30FN3O3S/c1-6-26(7-2)30(28,29)21-14-10-18(11-15-21)16(3)24-22(27)25(5)17(4)19-8-12-20(23)13-9-19/h8-17H,6-7H2,1-5H3,(H,24,27). The van der Waals surface area contributed by atoms with Crippen LogP contribution in [0.15, 0.2) is 53.4 Å². The van der Waals surface area contributed by atoms with Crippen LogP contribution in [0, 0.1) is 5.82 Å². The molecule has 0 saturated heterocycles. The zero-order chi connectivity index (χ0) is 22.5. The minimum Gasteiger partial charge on any atom is -0.331 e. The number of carbonyl (C=O) groups excluding carboxylic acids is 1. The van der Waals surface area contributed by atoms with E-state index in [1.165, 1.54) is 16.4 Å². The van der Waals surface area contributed by atoms with Crippen molar-refractivity contribution in [3.8, 4) is 0 Å². The molecular weight excluding hydrogens is 405 g/mol. The quantitative estimate of drug-likeness (QED) is 0.671. The molecule has 2 amide bonds. The maximum absolute atomic E-state index is 13.1. The van der Waals surface area contributed by atoms with Crippen molar-refractivity contribution in [2.24, 2.45) is 0 Å². The van der Waals surface area contributed by atoms with Gasteiger partial charge in [-0.05, 0) is 49.2 Å². The number of hydrogen-bond donors (Lipinski definition) is 1. The van der Waals surface area contributed by atoms with Gasteiger partial charge >= 0.3 is 6.03 Å². The van der Waals surface area contributed by atoms with Crippen LogP contribution in [0.2, 0.25) is 0 Å². The molecule has 0 radical (unpaired) electrons. The molecule has 0 aromatic heterocycles. The summed E-state index contributed by atoms with van der Waals surface area (Å²) < 4.78 is 39.7. The molecule has 2 aromatic rings. The van der Waals surface area contributed by atoms with Crippen molar-refractivity contribution >= 4 is 16.1 Å². The number of hydrogen-bond acceptors (Lipinski definition) is 3. The zero-order valence-electron chi connectivity index (χ0n) is 18.1. The van der Waals surface area contributed by atoms with Crippen LogP contribution in [0.25, 0.3) is 0 Å². The number of carbonyl (C=O) groups is 1. The average Bonchev–Trinajstić information content (AvgIpc) is 2.73. The lowest BCUT2D eigenvalue weighted by Crippen LogP contribution is -2.40. The fourth-order valence-corrected chi connectivity index (χ4v) is 4.61. The van der Waals surface area contributed by atoms with Crippen LogP contribution in [0.5, 0.6) is 0 Å². The van der Waals surface area contributed by atoms with Crippen LogP contribution in [-0.2, 0) is 10.0 Å². The molecule has 2 aromatic carbocycles. The summed E-state index contributed by atoms with van der Waals surface area (Å²) in [5.74, 6) is -0.321. The molecule has 6 nitrogen and oxygen atoms in total. The minimum absolute atomic E-state index is 0.232. The van der Waals surface area contributed by atoms with Crippen molar-refractivity contribution in [3.05, 3.63) is 65.5 Å². The van der Waals surface area contributed by atoms with Crippen molar-refractivity contribution in [1.82, 2.24) is 14.5 Å². The summed E-state index contributed by atoms with van der Waals surface area (Å²) in [7, 11) is -1.84. The van der Waals surface area contributed by atoms with Gasteiger partial charge in [0.25, 0.3) is 0 Å². The van der Waals surface area contributed by atoms with Crippen molar-refractivity contribution in [2.45, 2.75) is 44.7 Å². The van der Waals surface area contributed by atoms with Crippen molar-refractivity contribution in [3.63, 3.8) is 0 Å². The van der Waals surface area contributed by atoms with Gasteiger partial charge in [-0.1, -0.05) is 38.1 Å². The molecule has 30 heavy (non-hydrogen) atoms.